The first-order valence-electron chi connectivity index (χ1n) is 12.8. The Balaban J connectivity index is 0.00000141. The maximum Gasteiger partial charge on any atom is 0.248 e. The van der Waals surface area contributed by atoms with Gasteiger partial charge in [0.2, 0.25) is 5.56 Å². The second-order valence-corrected chi connectivity index (χ2v) is 9.39. The molecule has 2 unspecified atom stereocenters. The largest absolute Gasteiger partial charge is 0.368 e. The summed E-state index contributed by atoms with van der Waals surface area (Å²) < 4.78 is 0. The Bertz CT molecular complexity index is 1240. The van der Waals surface area contributed by atoms with Crippen LogP contribution in [0.3, 0.4) is 0 Å². The highest BCUT2D eigenvalue weighted by Crippen LogP contribution is 2.31. The molecule has 0 saturated carbocycles. The van der Waals surface area contributed by atoms with Crippen LogP contribution in [-0.2, 0) is 6.42 Å². The van der Waals surface area contributed by atoms with Gasteiger partial charge in [-0.25, -0.2) is 0 Å². The van der Waals surface area contributed by atoms with Crippen LogP contribution < -0.4 is 10.5 Å². The van der Waals surface area contributed by atoms with Crippen LogP contribution in [0.15, 0.2) is 47.4 Å². The summed E-state index contributed by atoms with van der Waals surface area (Å²) in [6.45, 7) is 14.6. The van der Waals surface area contributed by atoms with E-state index in [9.17, 15) is 4.79 Å². The molecule has 2 aliphatic rings. The smallest absolute Gasteiger partial charge is 0.248 e. The fourth-order valence-corrected chi connectivity index (χ4v) is 5.39. The van der Waals surface area contributed by atoms with Crippen molar-refractivity contribution in [3.05, 3.63) is 69.8 Å². The number of hydrogen-bond acceptors (Lipinski definition) is 5. The molecule has 0 aliphatic carbocycles. The van der Waals surface area contributed by atoms with Crippen molar-refractivity contribution in [2.24, 2.45) is 0 Å². The van der Waals surface area contributed by atoms with E-state index in [2.05, 4.69) is 55.7 Å². The molecule has 4 heterocycles. The van der Waals surface area contributed by atoms with Crippen molar-refractivity contribution in [3.8, 4) is 12.3 Å². The Kier molecular flexibility index (Phi) is 7.90. The first kappa shape index (κ1) is 25.0. The van der Waals surface area contributed by atoms with E-state index >= 15 is 0 Å². The number of benzene rings is 1. The molecule has 1 N–H and O–H groups in total. The maximum atomic E-state index is 11.9. The van der Waals surface area contributed by atoms with E-state index in [1.54, 1.807) is 6.07 Å². The van der Waals surface area contributed by atoms with E-state index in [-0.39, 0.29) is 5.56 Å². The van der Waals surface area contributed by atoms with Crippen molar-refractivity contribution >= 4 is 16.6 Å². The minimum Gasteiger partial charge on any atom is -0.368 e. The molecule has 6 heteroatoms. The van der Waals surface area contributed by atoms with Crippen molar-refractivity contribution < 1.29 is 0 Å². The number of rotatable bonds is 4. The van der Waals surface area contributed by atoms with E-state index < -0.39 is 0 Å². The number of aromatic nitrogens is 2. The third-order valence-electron chi connectivity index (χ3n) is 7.15. The molecular weight excluding hydrogens is 434 g/mol. The van der Waals surface area contributed by atoms with Crippen LogP contribution >= 0.6 is 0 Å². The number of aromatic amines is 1. The Hall–Kier alpha value is -3.14. The van der Waals surface area contributed by atoms with E-state index in [0.29, 0.717) is 12.1 Å². The molecule has 2 aliphatic heterocycles. The molecule has 1 aromatic carbocycles. The Morgan fingerprint density at radius 2 is 1.91 bits per heavy atom. The van der Waals surface area contributed by atoms with Gasteiger partial charge in [0, 0.05) is 85.9 Å². The average Bonchev–Trinajstić information content (AvgIpc) is 2.88. The zero-order chi connectivity index (χ0) is 24.9. The summed E-state index contributed by atoms with van der Waals surface area (Å²) in [5, 5.41) is 1.02. The van der Waals surface area contributed by atoms with Gasteiger partial charge in [0.25, 0.3) is 0 Å². The summed E-state index contributed by atoms with van der Waals surface area (Å²) in [4.78, 5) is 27.1. The van der Waals surface area contributed by atoms with Crippen LogP contribution in [0.1, 0.15) is 37.6 Å². The van der Waals surface area contributed by atoms with Gasteiger partial charge in [0.1, 0.15) is 0 Å². The molecule has 2 fully saturated rings. The summed E-state index contributed by atoms with van der Waals surface area (Å²) >= 11 is 0. The molecule has 0 bridgehead atoms. The monoisotopic (exact) mass is 471 g/mol. The van der Waals surface area contributed by atoms with Gasteiger partial charge < -0.3 is 14.8 Å². The number of aryl methyl sites for hydroxylation is 1. The SMILES string of the molecule is C#Cc1ccc(N2CC(C)N3CCN(CCc4ccc(C)nc4)CC3C2)c2ccc(=O)[nH]c12.CC. The van der Waals surface area contributed by atoms with Crippen LogP contribution in [0.4, 0.5) is 5.69 Å². The van der Waals surface area contributed by atoms with Crippen molar-refractivity contribution in [2.75, 3.05) is 44.2 Å². The molecule has 5 rings (SSSR count). The normalized spacial score (nSPS) is 20.6. The van der Waals surface area contributed by atoms with Gasteiger partial charge in [-0.05, 0) is 50.1 Å². The molecule has 2 atom stereocenters. The number of anilines is 1. The second kappa shape index (κ2) is 11.1. The molecule has 2 aromatic heterocycles. The summed E-state index contributed by atoms with van der Waals surface area (Å²) in [5.41, 5.74) is 4.88. The van der Waals surface area contributed by atoms with Crippen molar-refractivity contribution in [2.45, 2.75) is 46.2 Å². The van der Waals surface area contributed by atoms with Gasteiger partial charge >= 0.3 is 0 Å². The first-order chi connectivity index (χ1) is 17.0. The van der Waals surface area contributed by atoms with E-state index in [4.69, 9.17) is 6.42 Å². The number of fused-ring (bicyclic) bond motifs is 2. The van der Waals surface area contributed by atoms with Crippen LogP contribution in [0.25, 0.3) is 10.9 Å². The Morgan fingerprint density at radius 3 is 2.66 bits per heavy atom. The highest BCUT2D eigenvalue weighted by atomic mass is 16.1. The molecule has 3 aromatic rings. The van der Waals surface area contributed by atoms with Crippen molar-refractivity contribution in [1.82, 2.24) is 19.8 Å². The number of nitrogens with one attached hydrogen (secondary N) is 1. The lowest BCUT2D eigenvalue weighted by atomic mass is 10.0. The third kappa shape index (κ3) is 5.42. The number of hydrogen-bond donors (Lipinski definition) is 1. The van der Waals surface area contributed by atoms with Gasteiger partial charge in [0.05, 0.1) is 5.52 Å². The highest BCUT2D eigenvalue weighted by Gasteiger charge is 2.36. The standard InChI is InChI=1S/C27H31N5O.C2H6/c1-4-22-7-9-25(24-8-10-26(33)29-27(22)24)31-16-20(3)32-14-13-30(17-23(32)18-31)12-11-21-6-5-19(2)28-15-21;1-2/h1,5-10,15,20,23H,11-14,16-18H2,2-3H3,(H,29,33);1-2H3. The summed E-state index contributed by atoms with van der Waals surface area (Å²) in [5.74, 6) is 2.71. The van der Waals surface area contributed by atoms with Gasteiger partial charge in [-0.1, -0.05) is 25.8 Å². The lowest BCUT2D eigenvalue weighted by Gasteiger charge is -2.51. The third-order valence-corrected chi connectivity index (χ3v) is 7.15. The lowest BCUT2D eigenvalue weighted by Crippen LogP contribution is -2.65. The van der Waals surface area contributed by atoms with Gasteiger partial charge in [0.15, 0.2) is 0 Å². The lowest BCUT2D eigenvalue weighted by molar-refractivity contribution is 0.0356. The fraction of sp³-hybridized carbons (Fsp3) is 0.448. The molecule has 184 valence electrons. The van der Waals surface area contributed by atoms with Crippen LogP contribution in [0.2, 0.25) is 0 Å². The molecular formula is C29H37N5O. The molecule has 6 nitrogen and oxygen atoms in total. The number of pyridine rings is 2. The second-order valence-electron chi connectivity index (χ2n) is 9.39. The quantitative estimate of drug-likeness (QED) is 0.589. The predicted octanol–water partition coefficient (Wildman–Crippen LogP) is 3.68. The van der Waals surface area contributed by atoms with Crippen molar-refractivity contribution in [1.29, 1.82) is 0 Å². The number of piperazine rings is 2. The first-order valence-corrected chi connectivity index (χ1v) is 12.8. The predicted molar refractivity (Wildman–Crippen MR) is 145 cm³/mol. The molecule has 0 amide bonds. The van der Waals surface area contributed by atoms with Gasteiger partial charge in [-0.3, -0.25) is 14.7 Å². The Morgan fingerprint density at radius 1 is 1.09 bits per heavy atom. The Labute approximate surface area is 209 Å². The molecule has 35 heavy (non-hydrogen) atoms. The van der Waals surface area contributed by atoms with Gasteiger partial charge in [-0.2, -0.15) is 0 Å². The van der Waals surface area contributed by atoms with E-state index in [0.717, 1.165) is 73.5 Å². The molecule has 2 saturated heterocycles. The van der Waals surface area contributed by atoms with Crippen LogP contribution in [0.5, 0.6) is 0 Å². The maximum absolute atomic E-state index is 11.9. The fourth-order valence-electron chi connectivity index (χ4n) is 5.39. The summed E-state index contributed by atoms with van der Waals surface area (Å²) in [6, 6.07) is 12.8. The average molecular weight is 472 g/mol. The van der Waals surface area contributed by atoms with Crippen LogP contribution in [0, 0.1) is 19.3 Å². The van der Waals surface area contributed by atoms with E-state index in [1.807, 2.05) is 39.1 Å². The topological polar surface area (TPSA) is 55.5 Å². The number of H-pyrrole nitrogens is 1. The van der Waals surface area contributed by atoms with Crippen molar-refractivity contribution in [3.63, 3.8) is 0 Å². The summed E-state index contributed by atoms with van der Waals surface area (Å²) in [6.07, 6.45) is 8.73. The zero-order valence-electron chi connectivity index (χ0n) is 21.4. The zero-order valence-corrected chi connectivity index (χ0v) is 21.4. The number of terminal acetylenes is 1. The molecule has 0 spiro atoms. The van der Waals surface area contributed by atoms with Gasteiger partial charge in [-0.15, -0.1) is 6.42 Å². The number of nitrogens with zero attached hydrogens (tertiary/aromatic N) is 4. The molecule has 0 radical (unpaired) electrons. The minimum atomic E-state index is -0.124. The summed E-state index contributed by atoms with van der Waals surface area (Å²) in [7, 11) is 0. The van der Waals surface area contributed by atoms with Crippen LogP contribution in [-0.4, -0.2) is 71.1 Å². The van der Waals surface area contributed by atoms with E-state index in [1.165, 1.54) is 5.56 Å². The minimum absolute atomic E-state index is 0.124. The highest BCUT2D eigenvalue weighted by molar-refractivity contribution is 5.95.